The van der Waals surface area contributed by atoms with Crippen LogP contribution in [0.15, 0.2) is 22.7 Å². The number of hydrogen-bond acceptors (Lipinski definition) is 3. The number of hydrogen-bond donors (Lipinski definition) is 0. The highest BCUT2D eigenvalue weighted by molar-refractivity contribution is 9.10. The van der Waals surface area contributed by atoms with Gasteiger partial charge in [0.1, 0.15) is 5.75 Å². The number of ether oxygens (including phenoxy) is 1. The average Bonchev–Trinajstić information content (AvgIpc) is 2.52. The first-order valence-electron chi connectivity index (χ1n) is 6.85. The molecule has 1 saturated heterocycles. The summed E-state index contributed by atoms with van der Waals surface area (Å²) in [5, 5.41) is 0. The van der Waals surface area contributed by atoms with Crippen LogP contribution in [0.2, 0.25) is 0 Å². The molecule has 1 heterocycles. The van der Waals surface area contributed by atoms with Crippen molar-refractivity contribution in [3.8, 4) is 5.75 Å². The molecule has 1 aromatic rings. The summed E-state index contributed by atoms with van der Waals surface area (Å²) in [6.45, 7) is 6.75. The Hall–Kier alpha value is -0.580. The molecule has 1 aliphatic heterocycles. The van der Waals surface area contributed by atoms with Crippen molar-refractivity contribution in [2.45, 2.75) is 25.9 Å². The van der Waals surface area contributed by atoms with Crippen LogP contribution in [-0.2, 0) is 6.54 Å². The maximum absolute atomic E-state index is 5.47. The summed E-state index contributed by atoms with van der Waals surface area (Å²) in [4.78, 5) is 4.97. The molecule has 0 bridgehead atoms. The average molecular weight is 327 g/mol. The molecule has 1 aliphatic rings. The summed E-state index contributed by atoms with van der Waals surface area (Å²) >= 11 is 3.55. The fourth-order valence-corrected chi connectivity index (χ4v) is 3.15. The number of nitrogens with zero attached hydrogens (tertiary/aromatic N) is 2. The van der Waals surface area contributed by atoms with Crippen LogP contribution in [0.5, 0.6) is 5.75 Å². The summed E-state index contributed by atoms with van der Waals surface area (Å²) in [6.07, 6.45) is 1.23. The molecular weight excluding hydrogens is 304 g/mol. The van der Waals surface area contributed by atoms with E-state index in [0.29, 0.717) is 6.04 Å². The first kappa shape index (κ1) is 14.8. The lowest BCUT2D eigenvalue weighted by Crippen LogP contribution is -2.37. The Kier molecular flexibility index (Phi) is 5.25. The van der Waals surface area contributed by atoms with E-state index in [2.05, 4.69) is 45.8 Å². The maximum atomic E-state index is 5.47. The summed E-state index contributed by atoms with van der Waals surface area (Å²) in [5.74, 6) is 0.980. The lowest BCUT2D eigenvalue weighted by Gasteiger charge is -2.28. The van der Waals surface area contributed by atoms with Gasteiger partial charge in [-0.25, -0.2) is 0 Å². The monoisotopic (exact) mass is 326 g/mol. The summed E-state index contributed by atoms with van der Waals surface area (Å²) in [7, 11) is 3.95. The topological polar surface area (TPSA) is 15.7 Å². The quantitative estimate of drug-likeness (QED) is 0.849. The van der Waals surface area contributed by atoms with E-state index < -0.39 is 0 Å². The van der Waals surface area contributed by atoms with Crippen LogP contribution in [0, 0.1) is 0 Å². The second-order valence-corrected chi connectivity index (χ2v) is 6.31. The molecule has 0 aliphatic carbocycles. The van der Waals surface area contributed by atoms with E-state index in [9.17, 15) is 0 Å². The summed E-state index contributed by atoms with van der Waals surface area (Å²) < 4.78 is 6.59. The van der Waals surface area contributed by atoms with E-state index in [1.807, 2.05) is 12.1 Å². The van der Waals surface area contributed by atoms with Crippen molar-refractivity contribution in [3.63, 3.8) is 0 Å². The van der Waals surface area contributed by atoms with Crippen LogP contribution in [0.1, 0.15) is 18.9 Å². The van der Waals surface area contributed by atoms with E-state index in [0.717, 1.165) is 29.9 Å². The lowest BCUT2D eigenvalue weighted by atomic mass is 10.1. The van der Waals surface area contributed by atoms with Gasteiger partial charge in [0.15, 0.2) is 0 Å². The Morgan fingerprint density at radius 2 is 2.16 bits per heavy atom. The first-order valence-corrected chi connectivity index (χ1v) is 7.64. The van der Waals surface area contributed by atoms with Gasteiger partial charge in [-0.3, -0.25) is 4.90 Å². The van der Waals surface area contributed by atoms with Gasteiger partial charge in [0, 0.05) is 35.7 Å². The van der Waals surface area contributed by atoms with Crippen LogP contribution in [0.25, 0.3) is 0 Å². The molecule has 1 aromatic carbocycles. The highest BCUT2D eigenvalue weighted by Crippen LogP contribution is 2.25. The Balaban J connectivity index is 2.13. The smallest absolute Gasteiger partial charge is 0.123 e. The zero-order valence-electron chi connectivity index (χ0n) is 12.0. The minimum Gasteiger partial charge on any atom is -0.496 e. The third-order valence-electron chi connectivity index (χ3n) is 3.80. The van der Waals surface area contributed by atoms with Crippen LogP contribution >= 0.6 is 15.9 Å². The fourth-order valence-electron chi connectivity index (χ4n) is 2.75. The molecule has 106 valence electrons. The van der Waals surface area contributed by atoms with Crippen LogP contribution in [0.4, 0.5) is 0 Å². The fraction of sp³-hybridized carbons (Fsp3) is 0.600. The molecule has 3 nitrogen and oxygen atoms in total. The predicted molar refractivity (Wildman–Crippen MR) is 82.7 cm³/mol. The minimum atomic E-state index is 0.580. The molecule has 1 unspecified atom stereocenters. The predicted octanol–water partition coefficient (Wildman–Crippen LogP) is 2.98. The Morgan fingerprint density at radius 1 is 1.37 bits per heavy atom. The van der Waals surface area contributed by atoms with Crippen molar-refractivity contribution in [1.29, 1.82) is 0 Å². The third-order valence-corrected chi connectivity index (χ3v) is 4.29. The van der Waals surface area contributed by atoms with Gasteiger partial charge in [-0.2, -0.15) is 0 Å². The van der Waals surface area contributed by atoms with Gasteiger partial charge in [0.2, 0.25) is 0 Å². The van der Waals surface area contributed by atoms with Crippen molar-refractivity contribution >= 4 is 15.9 Å². The number of methoxy groups -OCH3 is 1. The zero-order valence-corrected chi connectivity index (χ0v) is 13.6. The Morgan fingerprint density at radius 3 is 2.89 bits per heavy atom. The molecule has 0 spiro atoms. The lowest BCUT2D eigenvalue weighted by molar-refractivity contribution is 0.192. The van der Waals surface area contributed by atoms with E-state index in [-0.39, 0.29) is 0 Å². The Bertz CT molecular complexity index is 425. The molecule has 0 amide bonds. The molecule has 19 heavy (non-hydrogen) atoms. The van der Waals surface area contributed by atoms with E-state index in [4.69, 9.17) is 4.74 Å². The van der Waals surface area contributed by atoms with Crippen LogP contribution in [0.3, 0.4) is 0 Å². The summed E-state index contributed by atoms with van der Waals surface area (Å²) in [5.41, 5.74) is 1.26. The van der Waals surface area contributed by atoms with Gasteiger partial charge in [-0.05, 0) is 45.1 Å². The van der Waals surface area contributed by atoms with Crippen LogP contribution < -0.4 is 4.74 Å². The van der Waals surface area contributed by atoms with Crippen molar-refractivity contribution in [2.24, 2.45) is 0 Å². The van der Waals surface area contributed by atoms with Gasteiger partial charge in [-0.15, -0.1) is 0 Å². The van der Waals surface area contributed by atoms with Gasteiger partial charge in [0.25, 0.3) is 0 Å². The Labute approximate surface area is 124 Å². The molecule has 2 rings (SSSR count). The molecule has 0 aromatic heterocycles. The van der Waals surface area contributed by atoms with Crippen LogP contribution in [-0.4, -0.2) is 49.6 Å². The van der Waals surface area contributed by atoms with Gasteiger partial charge >= 0.3 is 0 Å². The van der Waals surface area contributed by atoms with Crippen molar-refractivity contribution < 1.29 is 4.74 Å². The van der Waals surface area contributed by atoms with Gasteiger partial charge in [-0.1, -0.05) is 15.9 Å². The molecule has 0 N–H and O–H groups in total. The van der Waals surface area contributed by atoms with Crippen molar-refractivity contribution in [1.82, 2.24) is 9.80 Å². The second-order valence-electron chi connectivity index (χ2n) is 5.39. The van der Waals surface area contributed by atoms with Gasteiger partial charge in [0.05, 0.1) is 7.11 Å². The number of halogens is 1. The molecular formula is C15H23BrN2O. The SMILES string of the molecule is COc1ccc(Br)cc1CN1CCCN(C)CC1C. The number of benzene rings is 1. The zero-order chi connectivity index (χ0) is 13.8. The highest BCUT2D eigenvalue weighted by Gasteiger charge is 2.20. The molecule has 0 radical (unpaired) electrons. The second kappa shape index (κ2) is 6.73. The van der Waals surface area contributed by atoms with Gasteiger partial charge < -0.3 is 9.64 Å². The minimum absolute atomic E-state index is 0.580. The summed E-state index contributed by atoms with van der Waals surface area (Å²) in [6, 6.07) is 6.81. The van der Waals surface area contributed by atoms with E-state index in [1.165, 1.54) is 18.5 Å². The molecule has 1 atom stereocenters. The van der Waals surface area contributed by atoms with Crippen molar-refractivity contribution in [3.05, 3.63) is 28.2 Å². The van der Waals surface area contributed by atoms with E-state index in [1.54, 1.807) is 7.11 Å². The molecule has 1 fully saturated rings. The first-order chi connectivity index (χ1) is 9.10. The third kappa shape index (κ3) is 3.94. The number of likely N-dealkylation sites (N-methyl/N-ethyl adjacent to an activating group) is 1. The molecule has 4 heteroatoms. The standard InChI is InChI=1S/C15H23BrN2O/c1-12-10-17(2)7-4-8-18(12)11-13-9-14(16)5-6-15(13)19-3/h5-6,9,12H,4,7-8,10-11H2,1-3H3. The van der Waals surface area contributed by atoms with E-state index >= 15 is 0 Å². The highest BCUT2D eigenvalue weighted by atomic mass is 79.9. The van der Waals surface area contributed by atoms with Crippen molar-refractivity contribution in [2.75, 3.05) is 33.8 Å². The maximum Gasteiger partial charge on any atom is 0.123 e. The largest absolute Gasteiger partial charge is 0.496 e. The molecule has 0 saturated carbocycles. The normalized spacial score (nSPS) is 22.2. The number of rotatable bonds is 3.